The number of benzene rings is 2. The summed E-state index contributed by atoms with van der Waals surface area (Å²) in [7, 11) is 0. The first-order valence-corrected chi connectivity index (χ1v) is 6.72. The Morgan fingerprint density at radius 3 is 2.65 bits per heavy atom. The number of halogens is 1. The molecule has 2 aromatic carbocycles. The summed E-state index contributed by atoms with van der Waals surface area (Å²) in [4.78, 5) is 22.2. The Morgan fingerprint density at radius 2 is 1.95 bits per heavy atom. The monoisotopic (exact) mass is 336 g/mol. The summed E-state index contributed by atoms with van der Waals surface area (Å²) in [6.07, 6.45) is -0.833. The topological polar surface area (TPSA) is 81.4 Å². The van der Waals surface area contributed by atoms with Crippen molar-refractivity contribution in [2.45, 2.75) is 13.0 Å². The Balaban J connectivity index is 2.23. The highest BCUT2D eigenvalue weighted by molar-refractivity contribution is 9.10. The average molecular weight is 337 g/mol. The van der Waals surface area contributed by atoms with Gasteiger partial charge in [-0.15, -0.1) is 0 Å². The maximum atomic E-state index is 11.6. The van der Waals surface area contributed by atoms with Crippen LogP contribution in [0.4, 0.5) is 4.79 Å². The van der Waals surface area contributed by atoms with Gasteiger partial charge in [0.2, 0.25) is 0 Å². The van der Waals surface area contributed by atoms with Crippen molar-refractivity contribution in [2.24, 2.45) is 5.73 Å². The number of nitrogens with one attached hydrogen (secondary N) is 1. The van der Waals surface area contributed by atoms with Crippen LogP contribution in [0.3, 0.4) is 0 Å². The number of rotatable bonds is 3. The van der Waals surface area contributed by atoms with Crippen molar-refractivity contribution in [1.82, 2.24) is 5.32 Å². The molecule has 1 unspecified atom stereocenters. The second-order valence-electron chi connectivity index (χ2n) is 4.21. The van der Waals surface area contributed by atoms with Gasteiger partial charge in [0.15, 0.2) is 6.10 Å². The third-order valence-corrected chi connectivity index (χ3v) is 3.57. The normalized spacial score (nSPS) is 11.9. The first-order chi connectivity index (χ1) is 9.49. The third kappa shape index (κ3) is 3.08. The van der Waals surface area contributed by atoms with E-state index >= 15 is 0 Å². The van der Waals surface area contributed by atoms with E-state index in [1.54, 1.807) is 13.0 Å². The molecule has 0 aromatic heterocycles. The van der Waals surface area contributed by atoms with Crippen LogP contribution in [0.5, 0.6) is 5.75 Å². The molecular formula is C14H13BrN2O3. The van der Waals surface area contributed by atoms with Crippen LogP contribution in [0.2, 0.25) is 0 Å². The second kappa shape index (κ2) is 5.92. The van der Waals surface area contributed by atoms with Gasteiger partial charge in [0.25, 0.3) is 5.91 Å². The van der Waals surface area contributed by atoms with Gasteiger partial charge in [-0.25, -0.2) is 4.79 Å². The van der Waals surface area contributed by atoms with Crippen molar-refractivity contribution in [3.05, 3.63) is 40.9 Å². The van der Waals surface area contributed by atoms with E-state index in [-0.39, 0.29) is 0 Å². The van der Waals surface area contributed by atoms with Crippen LogP contribution >= 0.6 is 15.9 Å². The number of primary amides is 1. The van der Waals surface area contributed by atoms with Gasteiger partial charge in [-0.3, -0.25) is 10.1 Å². The molecule has 2 rings (SSSR count). The second-order valence-corrected chi connectivity index (χ2v) is 5.01. The van der Waals surface area contributed by atoms with Gasteiger partial charge in [0, 0.05) is 0 Å². The van der Waals surface area contributed by atoms with Crippen molar-refractivity contribution < 1.29 is 14.3 Å². The summed E-state index contributed by atoms with van der Waals surface area (Å²) < 4.78 is 6.31. The third-order valence-electron chi connectivity index (χ3n) is 2.75. The lowest BCUT2D eigenvalue weighted by Gasteiger charge is -2.15. The molecular weight excluding hydrogens is 324 g/mol. The fourth-order valence-electron chi connectivity index (χ4n) is 1.77. The molecule has 0 heterocycles. The van der Waals surface area contributed by atoms with E-state index in [9.17, 15) is 9.59 Å². The van der Waals surface area contributed by atoms with Gasteiger partial charge >= 0.3 is 6.03 Å². The number of carbonyl (C=O) groups excluding carboxylic acids is 2. The number of urea groups is 1. The summed E-state index contributed by atoms with van der Waals surface area (Å²) in [5, 5.41) is 4.01. The van der Waals surface area contributed by atoms with E-state index in [1.165, 1.54) is 0 Å². The lowest BCUT2D eigenvalue weighted by molar-refractivity contribution is -0.126. The summed E-state index contributed by atoms with van der Waals surface area (Å²) in [5.41, 5.74) is 4.89. The van der Waals surface area contributed by atoms with E-state index in [2.05, 4.69) is 15.9 Å². The highest BCUT2D eigenvalue weighted by Gasteiger charge is 2.17. The minimum atomic E-state index is -0.900. The summed E-state index contributed by atoms with van der Waals surface area (Å²) in [6.45, 7) is 1.54. The van der Waals surface area contributed by atoms with Crippen LogP contribution in [0.15, 0.2) is 40.9 Å². The van der Waals surface area contributed by atoms with E-state index in [0.717, 1.165) is 15.2 Å². The van der Waals surface area contributed by atoms with Gasteiger partial charge in [0.1, 0.15) is 5.75 Å². The van der Waals surface area contributed by atoms with E-state index < -0.39 is 18.0 Å². The molecule has 0 aliphatic carbocycles. The number of imide groups is 1. The molecule has 0 fully saturated rings. The highest BCUT2D eigenvalue weighted by Crippen LogP contribution is 2.33. The van der Waals surface area contributed by atoms with Crippen molar-refractivity contribution in [3.8, 4) is 5.75 Å². The summed E-state index contributed by atoms with van der Waals surface area (Å²) >= 11 is 3.46. The molecule has 104 valence electrons. The molecule has 0 aliphatic heterocycles. The van der Waals surface area contributed by atoms with Crippen LogP contribution in [0.25, 0.3) is 10.8 Å². The van der Waals surface area contributed by atoms with E-state index in [1.807, 2.05) is 35.6 Å². The molecule has 0 spiro atoms. The zero-order valence-electron chi connectivity index (χ0n) is 10.7. The number of fused-ring (bicyclic) bond motifs is 1. The Bertz CT molecular complexity index is 673. The Labute approximate surface area is 124 Å². The van der Waals surface area contributed by atoms with Gasteiger partial charge in [-0.1, -0.05) is 30.3 Å². The van der Waals surface area contributed by atoms with Crippen molar-refractivity contribution in [3.63, 3.8) is 0 Å². The van der Waals surface area contributed by atoms with Crippen molar-refractivity contribution >= 4 is 38.6 Å². The molecule has 0 radical (unpaired) electrons. The Hall–Kier alpha value is -2.08. The predicted octanol–water partition coefficient (Wildman–Crippen LogP) is 2.56. The number of nitrogens with two attached hydrogens (primary N) is 1. The van der Waals surface area contributed by atoms with Crippen molar-refractivity contribution in [1.29, 1.82) is 0 Å². The molecule has 0 saturated heterocycles. The van der Waals surface area contributed by atoms with Gasteiger partial charge in [-0.2, -0.15) is 0 Å². The fourth-order valence-corrected chi connectivity index (χ4v) is 2.36. The summed E-state index contributed by atoms with van der Waals surface area (Å²) in [5.74, 6) is -0.0617. The zero-order chi connectivity index (χ0) is 14.7. The van der Waals surface area contributed by atoms with Gasteiger partial charge in [-0.05, 0) is 39.7 Å². The van der Waals surface area contributed by atoms with Crippen LogP contribution in [-0.4, -0.2) is 18.0 Å². The number of carbonyl (C=O) groups is 2. The molecule has 3 N–H and O–H groups in total. The maximum absolute atomic E-state index is 11.6. The molecule has 20 heavy (non-hydrogen) atoms. The largest absolute Gasteiger partial charge is 0.480 e. The molecule has 0 aliphatic rings. The van der Waals surface area contributed by atoms with E-state index in [0.29, 0.717) is 5.75 Å². The minimum absolute atomic E-state index is 0.524. The zero-order valence-corrected chi connectivity index (χ0v) is 12.3. The lowest BCUT2D eigenvalue weighted by Crippen LogP contribution is -2.42. The number of ether oxygens (including phenoxy) is 1. The molecule has 0 saturated carbocycles. The Kier molecular flexibility index (Phi) is 4.24. The van der Waals surface area contributed by atoms with Crippen LogP contribution in [0, 0.1) is 0 Å². The van der Waals surface area contributed by atoms with Crippen LogP contribution in [-0.2, 0) is 4.79 Å². The highest BCUT2D eigenvalue weighted by atomic mass is 79.9. The van der Waals surface area contributed by atoms with Crippen LogP contribution < -0.4 is 15.8 Å². The van der Waals surface area contributed by atoms with Crippen LogP contribution in [0.1, 0.15) is 6.92 Å². The fraction of sp³-hybridized carbons (Fsp3) is 0.143. The number of amides is 3. The first kappa shape index (κ1) is 14.3. The maximum Gasteiger partial charge on any atom is 0.318 e. The molecule has 3 amide bonds. The molecule has 2 aromatic rings. The van der Waals surface area contributed by atoms with Gasteiger partial charge < -0.3 is 10.5 Å². The predicted molar refractivity (Wildman–Crippen MR) is 79.5 cm³/mol. The minimum Gasteiger partial charge on any atom is -0.480 e. The summed E-state index contributed by atoms with van der Waals surface area (Å²) in [6, 6.07) is 10.5. The SMILES string of the molecule is CC(Oc1ccc2ccccc2c1Br)C(=O)NC(N)=O. The molecule has 5 nitrogen and oxygen atoms in total. The smallest absolute Gasteiger partial charge is 0.318 e. The average Bonchev–Trinajstić information content (AvgIpc) is 2.41. The Morgan fingerprint density at radius 1 is 1.25 bits per heavy atom. The number of hydrogen-bond acceptors (Lipinski definition) is 3. The van der Waals surface area contributed by atoms with Gasteiger partial charge in [0.05, 0.1) is 4.47 Å². The quantitative estimate of drug-likeness (QED) is 0.903. The molecule has 6 heteroatoms. The molecule has 1 atom stereocenters. The first-order valence-electron chi connectivity index (χ1n) is 5.93. The van der Waals surface area contributed by atoms with E-state index in [4.69, 9.17) is 10.5 Å². The number of hydrogen-bond donors (Lipinski definition) is 2. The van der Waals surface area contributed by atoms with Crippen molar-refractivity contribution in [2.75, 3.05) is 0 Å². The molecule has 0 bridgehead atoms. The standard InChI is InChI=1S/C14H13BrN2O3/c1-8(13(18)17-14(16)19)20-11-7-6-9-4-2-3-5-10(9)12(11)15/h2-8H,1H3,(H3,16,17,18,19). The lowest BCUT2D eigenvalue weighted by atomic mass is 10.1.